The number of hydrogen-bond acceptors (Lipinski definition) is 6. The lowest BCUT2D eigenvalue weighted by molar-refractivity contribution is -0.0498. The lowest BCUT2D eigenvalue weighted by Gasteiger charge is -2.26. The van der Waals surface area contributed by atoms with Gasteiger partial charge in [0.2, 0.25) is 0 Å². The molecule has 0 saturated heterocycles. The van der Waals surface area contributed by atoms with Gasteiger partial charge < -0.3 is 25.5 Å². The van der Waals surface area contributed by atoms with Crippen LogP contribution >= 0.6 is 0 Å². The summed E-state index contributed by atoms with van der Waals surface area (Å²) in [4.78, 5) is 13.8. The third-order valence-electron chi connectivity index (χ3n) is 5.29. The summed E-state index contributed by atoms with van der Waals surface area (Å²) in [5.74, 6) is 0.520. The zero-order valence-electron chi connectivity index (χ0n) is 18.6. The number of nitrogens with one attached hydrogen (secondary N) is 3. The summed E-state index contributed by atoms with van der Waals surface area (Å²) in [5, 5.41) is 14.2. The molecule has 1 aliphatic carbocycles. The molecule has 176 valence electrons. The predicted octanol–water partition coefficient (Wildman–Crippen LogP) is 4.32. The minimum Gasteiger partial charge on any atom is -0.435 e. The van der Waals surface area contributed by atoms with E-state index in [9.17, 15) is 13.6 Å². The van der Waals surface area contributed by atoms with E-state index in [1.165, 1.54) is 16.7 Å². The largest absolute Gasteiger partial charge is 0.435 e. The standard InChI is InChI=1S/C25H24F2N4O3/c1-3-33-22-11-5-16-13-20(15-4-10-21(28)17(12-15)14-29-2)24(32)31(23(16)30-22)18-6-8-19(9-7-18)34-25(26)27/h4-14,22,25,28-30H,3H2,1-2H3/b17-14-,28-21?. The maximum absolute atomic E-state index is 13.8. The summed E-state index contributed by atoms with van der Waals surface area (Å²) in [6.07, 6.45) is 10.1. The van der Waals surface area contributed by atoms with Crippen molar-refractivity contribution in [2.24, 2.45) is 0 Å². The third kappa shape index (κ3) is 4.69. The maximum Gasteiger partial charge on any atom is 0.387 e. The third-order valence-corrected chi connectivity index (χ3v) is 5.29. The summed E-state index contributed by atoms with van der Waals surface area (Å²) in [6.45, 7) is -0.589. The lowest BCUT2D eigenvalue weighted by atomic mass is 9.95. The Morgan fingerprint density at radius 2 is 2.00 bits per heavy atom. The van der Waals surface area contributed by atoms with Crippen LogP contribution in [0.15, 0.2) is 71.2 Å². The average Bonchev–Trinajstić information content (AvgIpc) is 2.81. The number of ether oxygens (including phenoxy) is 2. The van der Waals surface area contributed by atoms with E-state index in [1.807, 2.05) is 19.1 Å². The zero-order valence-corrected chi connectivity index (χ0v) is 18.6. The van der Waals surface area contributed by atoms with Gasteiger partial charge in [0.1, 0.15) is 17.8 Å². The van der Waals surface area contributed by atoms with Crippen LogP contribution in [0, 0.1) is 5.41 Å². The van der Waals surface area contributed by atoms with Crippen molar-refractivity contribution < 1.29 is 18.3 Å². The lowest BCUT2D eigenvalue weighted by Crippen LogP contribution is -2.32. The van der Waals surface area contributed by atoms with Crippen molar-refractivity contribution in [1.29, 1.82) is 5.41 Å². The number of rotatable bonds is 7. The number of benzene rings is 1. The van der Waals surface area contributed by atoms with E-state index < -0.39 is 12.8 Å². The van der Waals surface area contributed by atoms with Crippen molar-refractivity contribution in [3.8, 4) is 11.4 Å². The Balaban J connectivity index is 1.88. The summed E-state index contributed by atoms with van der Waals surface area (Å²) in [5.41, 5.74) is 2.96. The highest BCUT2D eigenvalue weighted by atomic mass is 19.3. The van der Waals surface area contributed by atoms with Crippen molar-refractivity contribution in [2.75, 3.05) is 19.0 Å². The van der Waals surface area contributed by atoms with Crippen molar-refractivity contribution in [2.45, 2.75) is 19.8 Å². The van der Waals surface area contributed by atoms with Crippen LogP contribution in [0.2, 0.25) is 0 Å². The monoisotopic (exact) mass is 466 g/mol. The molecular weight excluding hydrogens is 442 g/mol. The molecule has 0 bridgehead atoms. The van der Waals surface area contributed by atoms with E-state index in [0.717, 1.165) is 5.56 Å². The minimum absolute atomic E-state index is 0.00449. The van der Waals surface area contributed by atoms with Crippen molar-refractivity contribution >= 4 is 23.2 Å². The molecule has 7 nitrogen and oxygen atoms in total. The number of fused-ring (bicyclic) bond motifs is 1. The van der Waals surface area contributed by atoms with Gasteiger partial charge in [-0.05, 0) is 61.1 Å². The molecule has 0 radical (unpaired) electrons. The highest BCUT2D eigenvalue weighted by Gasteiger charge is 2.22. The van der Waals surface area contributed by atoms with Crippen molar-refractivity contribution in [1.82, 2.24) is 9.88 Å². The van der Waals surface area contributed by atoms with Crippen LogP contribution in [0.3, 0.4) is 0 Å². The summed E-state index contributed by atoms with van der Waals surface area (Å²) in [6, 6.07) is 7.66. The second-order valence-electron chi connectivity index (χ2n) is 7.49. The van der Waals surface area contributed by atoms with Gasteiger partial charge in [-0.15, -0.1) is 0 Å². The number of aromatic nitrogens is 1. The molecule has 1 atom stereocenters. The number of allylic oxidation sites excluding steroid dienone is 5. The molecule has 0 spiro atoms. The van der Waals surface area contributed by atoms with Crippen LogP contribution in [-0.4, -0.2) is 36.8 Å². The second-order valence-corrected chi connectivity index (χ2v) is 7.49. The Kier molecular flexibility index (Phi) is 6.74. The summed E-state index contributed by atoms with van der Waals surface area (Å²) < 4.78 is 36.7. The fraction of sp³-hybridized carbons (Fsp3) is 0.200. The average molecular weight is 466 g/mol. The first kappa shape index (κ1) is 23.2. The first-order valence-electron chi connectivity index (χ1n) is 10.7. The van der Waals surface area contributed by atoms with Crippen LogP contribution in [0.25, 0.3) is 17.3 Å². The highest BCUT2D eigenvalue weighted by Crippen LogP contribution is 2.30. The van der Waals surface area contributed by atoms with Gasteiger partial charge in [0.15, 0.2) is 0 Å². The Bertz CT molecular complexity index is 1270. The molecule has 0 amide bonds. The topological polar surface area (TPSA) is 88.4 Å². The van der Waals surface area contributed by atoms with Gasteiger partial charge in [-0.3, -0.25) is 9.36 Å². The van der Waals surface area contributed by atoms with Crippen LogP contribution in [0.5, 0.6) is 5.75 Å². The first-order chi connectivity index (χ1) is 16.4. The molecule has 1 unspecified atom stereocenters. The van der Waals surface area contributed by atoms with Crippen LogP contribution in [0.4, 0.5) is 14.6 Å². The van der Waals surface area contributed by atoms with E-state index in [2.05, 4.69) is 15.4 Å². The van der Waals surface area contributed by atoms with Crippen LogP contribution in [-0.2, 0) is 4.74 Å². The van der Waals surface area contributed by atoms with Crippen molar-refractivity contribution in [3.05, 3.63) is 87.9 Å². The molecule has 1 aliphatic heterocycles. The van der Waals surface area contributed by atoms with Gasteiger partial charge in [0.05, 0.1) is 11.4 Å². The molecule has 2 aromatic rings. The Labute approximate surface area is 195 Å². The molecule has 1 aromatic heterocycles. The zero-order chi connectivity index (χ0) is 24.2. The van der Waals surface area contributed by atoms with Crippen LogP contribution in [0.1, 0.15) is 18.1 Å². The highest BCUT2D eigenvalue weighted by molar-refractivity contribution is 6.13. The molecule has 0 saturated carbocycles. The first-order valence-corrected chi connectivity index (χ1v) is 10.7. The van der Waals surface area contributed by atoms with Gasteiger partial charge in [0.25, 0.3) is 5.56 Å². The van der Waals surface area contributed by atoms with E-state index in [-0.39, 0.29) is 11.3 Å². The van der Waals surface area contributed by atoms with Gasteiger partial charge >= 0.3 is 6.61 Å². The number of halogens is 2. The Morgan fingerprint density at radius 3 is 2.68 bits per heavy atom. The quantitative estimate of drug-likeness (QED) is 0.566. The van der Waals surface area contributed by atoms with E-state index in [4.69, 9.17) is 10.1 Å². The second kappa shape index (κ2) is 9.88. The van der Waals surface area contributed by atoms with Gasteiger partial charge in [-0.1, -0.05) is 12.2 Å². The number of pyridine rings is 1. The Morgan fingerprint density at radius 1 is 1.24 bits per heavy atom. The molecule has 1 aromatic carbocycles. The smallest absolute Gasteiger partial charge is 0.387 e. The Hall–Kier alpha value is -3.98. The van der Waals surface area contributed by atoms with Gasteiger partial charge in [-0.25, -0.2) is 0 Å². The van der Waals surface area contributed by atoms with E-state index >= 15 is 0 Å². The normalized spacial score (nSPS) is 18.0. The molecule has 4 rings (SSSR count). The summed E-state index contributed by atoms with van der Waals surface area (Å²) in [7, 11) is 1.74. The number of anilines is 1. The fourth-order valence-electron chi connectivity index (χ4n) is 3.80. The molecular formula is C25H24F2N4O3. The minimum atomic E-state index is -2.94. The molecule has 9 heteroatoms. The fourth-order valence-corrected chi connectivity index (χ4v) is 3.80. The molecule has 0 fully saturated rings. The SMILES string of the molecule is CCOC1C=Cc2cc(C3=C/C(=C/NC)C(=N)C=C3)c(=O)n(-c3ccc(OC(F)F)cc3)c2N1. The van der Waals surface area contributed by atoms with Crippen LogP contribution < -0.4 is 20.9 Å². The van der Waals surface area contributed by atoms with Crippen molar-refractivity contribution in [3.63, 3.8) is 0 Å². The molecule has 3 N–H and O–H groups in total. The predicted molar refractivity (Wildman–Crippen MR) is 129 cm³/mol. The molecule has 2 aliphatic rings. The molecule has 34 heavy (non-hydrogen) atoms. The van der Waals surface area contributed by atoms with Gasteiger partial charge in [-0.2, -0.15) is 8.78 Å². The van der Waals surface area contributed by atoms with E-state index in [1.54, 1.807) is 49.7 Å². The number of nitrogens with zero attached hydrogens (tertiary/aromatic N) is 1. The summed E-state index contributed by atoms with van der Waals surface area (Å²) >= 11 is 0. The maximum atomic E-state index is 13.8. The molecule has 2 heterocycles. The number of hydrogen-bond donors (Lipinski definition) is 3. The van der Waals surface area contributed by atoms with Gasteiger partial charge in [0, 0.05) is 36.6 Å². The van der Waals surface area contributed by atoms with E-state index in [0.29, 0.717) is 40.5 Å². The number of alkyl halides is 2.